The highest BCUT2D eigenvalue weighted by atomic mass is 32.1. The molecule has 0 saturated heterocycles. The SMILES string of the molecule is O=C(O)c1ccccc1-c1nc2sc3c(c2c(=O)[nH]1)CCC3. The Morgan fingerprint density at radius 2 is 2.09 bits per heavy atom. The van der Waals surface area contributed by atoms with Crippen LogP contribution in [0.2, 0.25) is 0 Å². The van der Waals surface area contributed by atoms with E-state index in [2.05, 4.69) is 9.97 Å². The third-order valence-corrected chi connectivity index (χ3v) is 5.17. The molecule has 0 radical (unpaired) electrons. The number of aromatic carboxylic acids is 1. The molecule has 5 nitrogen and oxygen atoms in total. The van der Waals surface area contributed by atoms with Crippen LogP contribution in [0.4, 0.5) is 0 Å². The molecule has 1 aromatic carbocycles. The smallest absolute Gasteiger partial charge is 0.336 e. The molecule has 2 N–H and O–H groups in total. The van der Waals surface area contributed by atoms with Gasteiger partial charge in [-0.05, 0) is 30.9 Å². The van der Waals surface area contributed by atoms with Gasteiger partial charge in [0.25, 0.3) is 5.56 Å². The van der Waals surface area contributed by atoms with Crippen molar-refractivity contribution in [3.8, 4) is 11.4 Å². The van der Waals surface area contributed by atoms with E-state index in [-0.39, 0.29) is 11.1 Å². The average Bonchev–Trinajstić information content (AvgIpc) is 3.07. The molecule has 0 bridgehead atoms. The van der Waals surface area contributed by atoms with Crippen LogP contribution in [-0.4, -0.2) is 21.0 Å². The summed E-state index contributed by atoms with van der Waals surface area (Å²) in [6.45, 7) is 0. The van der Waals surface area contributed by atoms with E-state index in [1.807, 2.05) is 0 Å². The van der Waals surface area contributed by atoms with E-state index in [0.29, 0.717) is 21.6 Å². The Labute approximate surface area is 129 Å². The van der Waals surface area contributed by atoms with Crippen LogP contribution in [0.15, 0.2) is 29.1 Å². The zero-order valence-corrected chi connectivity index (χ0v) is 12.4. The molecule has 6 heteroatoms. The van der Waals surface area contributed by atoms with Crippen LogP contribution in [0.3, 0.4) is 0 Å². The summed E-state index contributed by atoms with van der Waals surface area (Å²) in [5.41, 5.74) is 1.50. The molecule has 1 aliphatic rings. The van der Waals surface area contributed by atoms with Gasteiger partial charge in [0.05, 0.1) is 10.9 Å². The van der Waals surface area contributed by atoms with E-state index < -0.39 is 5.97 Å². The van der Waals surface area contributed by atoms with E-state index in [9.17, 15) is 14.7 Å². The van der Waals surface area contributed by atoms with E-state index in [0.717, 1.165) is 24.8 Å². The Bertz CT molecular complexity index is 971. The second kappa shape index (κ2) is 4.78. The number of aryl methyl sites for hydroxylation is 2. The number of nitrogens with zero attached hydrogens (tertiary/aromatic N) is 1. The topological polar surface area (TPSA) is 83.0 Å². The molecule has 0 fully saturated rings. The predicted molar refractivity (Wildman–Crippen MR) is 84.7 cm³/mol. The highest BCUT2D eigenvalue weighted by Gasteiger charge is 2.22. The van der Waals surface area contributed by atoms with Crippen molar-refractivity contribution in [2.24, 2.45) is 0 Å². The van der Waals surface area contributed by atoms with Crippen molar-refractivity contribution < 1.29 is 9.90 Å². The summed E-state index contributed by atoms with van der Waals surface area (Å²) in [5, 5.41) is 9.96. The monoisotopic (exact) mass is 312 g/mol. The van der Waals surface area contributed by atoms with E-state index in [4.69, 9.17) is 0 Å². The summed E-state index contributed by atoms with van der Waals surface area (Å²) in [6.07, 6.45) is 3.00. The molecule has 0 atom stereocenters. The van der Waals surface area contributed by atoms with Crippen LogP contribution in [0.5, 0.6) is 0 Å². The fraction of sp³-hybridized carbons (Fsp3) is 0.188. The van der Waals surface area contributed by atoms with E-state index >= 15 is 0 Å². The fourth-order valence-electron chi connectivity index (χ4n) is 3.01. The second-order valence-electron chi connectivity index (χ2n) is 5.30. The molecule has 1 aliphatic carbocycles. The summed E-state index contributed by atoms with van der Waals surface area (Å²) in [6, 6.07) is 6.56. The number of benzene rings is 1. The van der Waals surface area contributed by atoms with Crippen LogP contribution in [-0.2, 0) is 12.8 Å². The standard InChI is InChI=1S/C16H12N2O3S/c19-14-12-10-6-3-7-11(10)22-15(12)18-13(17-14)8-4-1-2-5-9(8)16(20)21/h1-2,4-5H,3,6-7H2,(H,20,21)(H,17,18,19). The number of nitrogens with one attached hydrogen (secondary N) is 1. The summed E-state index contributed by atoms with van der Waals surface area (Å²) >= 11 is 1.55. The van der Waals surface area contributed by atoms with Crippen molar-refractivity contribution in [2.75, 3.05) is 0 Å². The first-order valence-electron chi connectivity index (χ1n) is 7.02. The van der Waals surface area contributed by atoms with Crippen molar-refractivity contribution in [3.63, 3.8) is 0 Å². The third-order valence-electron chi connectivity index (χ3n) is 3.99. The number of hydrogen-bond donors (Lipinski definition) is 2. The Kier molecular flexibility index (Phi) is 2.87. The molecule has 2 aromatic heterocycles. The minimum absolute atomic E-state index is 0.133. The molecule has 2 heterocycles. The first kappa shape index (κ1) is 13.2. The molecule has 3 aromatic rings. The Morgan fingerprint density at radius 3 is 2.91 bits per heavy atom. The Balaban J connectivity index is 1.98. The van der Waals surface area contributed by atoms with Crippen molar-refractivity contribution in [2.45, 2.75) is 19.3 Å². The number of thiophene rings is 1. The van der Waals surface area contributed by atoms with Crippen LogP contribution in [0.1, 0.15) is 27.2 Å². The quantitative estimate of drug-likeness (QED) is 0.762. The van der Waals surface area contributed by atoms with Crippen LogP contribution in [0.25, 0.3) is 21.6 Å². The maximum Gasteiger partial charge on any atom is 0.336 e. The summed E-state index contributed by atoms with van der Waals surface area (Å²) in [4.78, 5) is 33.0. The molecule has 4 rings (SSSR count). The fourth-order valence-corrected chi connectivity index (χ4v) is 4.27. The number of carboxylic acid groups (broad SMARTS) is 1. The van der Waals surface area contributed by atoms with Gasteiger partial charge in [-0.15, -0.1) is 11.3 Å². The van der Waals surface area contributed by atoms with E-state index in [1.54, 1.807) is 29.5 Å². The van der Waals surface area contributed by atoms with Crippen LogP contribution >= 0.6 is 11.3 Å². The number of aromatic amines is 1. The number of fused-ring (bicyclic) bond motifs is 3. The predicted octanol–water partition coefficient (Wildman–Crippen LogP) is 2.84. The van der Waals surface area contributed by atoms with Crippen molar-refractivity contribution in [1.29, 1.82) is 0 Å². The van der Waals surface area contributed by atoms with Gasteiger partial charge in [-0.25, -0.2) is 9.78 Å². The van der Waals surface area contributed by atoms with Crippen molar-refractivity contribution in [1.82, 2.24) is 9.97 Å². The van der Waals surface area contributed by atoms with Crippen molar-refractivity contribution >= 4 is 27.5 Å². The van der Waals surface area contributed by atoms with Crippen LogP contribution in [0, 0.1) is 0 Å². The average molecular weight is 312 g/mol. The van der Waals surface area contributed by atoms with E-state index in [1.165, 1.54) is 10.9 Å². The highest BCUT2D eigenvalue weighted by Crippen LogP contribution is 2.35. The lowest BCUT2D eigenvalue weighted by molar-refractivity contribution is 0.0697. The number of rotatable bonds is 2. The molecule has 0 spiro atoms. The number of carboxylic acids is 1. The Hall–Kier alpha value is -2.47. The van der Waals surface area contributed by atoms with Crippen molar-refractivity contribution in [3.05, 3.63) is 50.6 Å². The molecular formula is C16H12N2O3S. The summed E-state index contributed by atoms with van der Waals surface area (Å²) in [7, 11) is 0. The zero-order chi connectivity index (χ0) is 15.3. The maximum atomic E-state index is 12.4. The lowest BCUT2D eigenvalue weighted by Gasteiger charge is -2.05. The van der Waals surface area contributed by atoms with Gasteiger partial charge < -0.3 is 10.1 Å². The molecule has 110 valence electrons. The molecule has 22 heavy (non-hydrogen) atoms. The first-order valence-corrected chi connectivity index (χ1v) is 7.84. The van der Waals surface area contributed by atoms with Gasteiger partial charge >= 0.3 is 5.97 Å². The lowest BCUT2D eigenvalue weighted by Crippen LogP contribution is -2.11. The highest BCUT2D eigenvalue weighted by molar-refractivity contribution is 7.18. The maximum absolute atomic E-state index is 12.4. The second-order valence-corrected chi connectivity index (χ2v) is 6.39. The van der Waals surface area contributed by atoms with Gasteiger partial charge in [0.15, 0.2) is 0 Å². The molecule has 0 amide bonds. The minimum atomic E-state index is -1.04. The zero-order valence-electron chi connectivity index (χ0n) is 11.5. The van der Waals surface area contributed by atoms with Gasteiger partial charge in [-0.1, -0.05) is 18.2 Å². The summed E-state index contributed by atoms with van der Waals surface area (Å²) in [5.74, 6) is -0.720. The number of H-pyrrole nitrogens is 1. The van der Waals surface area contributed by atoms with Crippen LogP contribution < -0.4 is 5.56 Å². The number of aromatic nitrogens is 2. The Morgan fingerprint density at radius 1 is 1.27 bits per heavy atom. The molecule has 0 aliphatic heterocycles. The van der Waals surface area contributed by atoms with Gasteiger partial charge in [-0.3, -0.25) is 4.79 Å². The summed E-state index contributed by atoms with van der Waals surface area (Å²) < 4.78 is 0. The molecule has 0 saturated carbocycles. The minimum Gasteiger partial charge on any atom is -0.478 e. The molecule has 0 unspecified atom stereocenters. The van der Waals surface area contributed by atoms with Gasteiger partial charge in [-0.2, -0.15) is 0 Å². The van der Waals surface area contributed by atoms with Gasteiger partial charge in [0, 0.05) is 10.4 Å². The lowest BCUT2D eigenvalue weighted by atomic mass is 10.1. The molecular weight excluding hydrogens is 300 g/mol. The number of carbonyl (C=O) groups is 1. The largest absolute Gasteiger partial charge is 0.478 e. The third kappa shape index (κ3) is 1.88. The number of hydrogen-bond acceptors (Lipinski definition) is 4. The first-order chi connectivity index (χ1) is 10.6. The van der Waals surface area contributed by atoms with Gasteiger partial charge in [0.2, 0.25) is 0 Å². The normalized spacial score (nSPS) is 13.5. The van der Waals surface area contributed by atoms with Gasteiger partial charge in [0.1, 0.15) is 10.7 Å².